The third-order valence-corrected chi connectivity index (χ3v) is 3.45. The molecule has 1 aromatic carbocycles. The molecule has 19 heavy (non-hydrogen) atoms. The van der Waals surface area contributed by atoms with Crippen LogP contribution >= 0.6 is 0 Å². The standard InChI is InChI=1S/C16H20O3/c1-3-16(2)9-14(19-15(17)10-16)12-18-11-13-7-5-4-6-8-13/h3-8,14H,1,9-12H2,2H3/t14-,16+/m1/s1. The van der Waals surface area contributed by atoms with Gasteiger partial charge >= 0.3 is 5.97 Å². The maximum Gasteiger partial charge on any atom is 0.307 e. The SMILES string of the molecule is C=C[C@]1(C)CC(=O)O[C@@H](COCc2ccccc2)C1. The highest BCUT2D eigenvalue weighted by atomic mass is 16.6. The van der Waals surface area contributed by atoms with E-state index in [1.807, 2.05) is 43.3 Å². The number of rotatable bonds is 5. The van der Waals surface area contributed by atoms with Gasteiger partial charge in [0.05, 0.1) is 19.6 Å². The summed E-state index contributed by atoms with van der Waals surface area (Å²) in [5, 5.41) is 0. The lowest BCUT2D eigenvalue weighted by molar-refractivity contribution is -0.163. The van der Waals surface area contributed by atoms with E-state index in [1.54, 1.807) is 0 Å². The van der Waals surface area contributed by atoms with Crippen molar-refractivity contribution >= 4 is 5.97 Å². The molecule has 3 nitrogen and oxygen atoms in total. The molecule has 2 atom stereocenters. The monoisotopic (exact) mass is 260 g/mol. The van der Waals surface area contributed by atoms with Crippen LogP contribution in [-0.4, -0.2) is 18.7 Å². The first-order chi connectivity index (χ1) is 9.11. The number of carbonyl (C=O) groups excluding carboxylic acids is 1. The first-order valence-corrected chi connectivity index (χ1v) is 6.56. The number of hydrogen-bond acceptors (Lipinski definition) is 3. The van der Waals surface area contributed by atoms with Crippen LogP contribution in [0.15, 0.2) is 43.0 Å². The third-order valence-electron chi connectivity index (χ3n) is 3.45. The minimum Gasteiger partial charge on any atom is -0.460 e. The Labute approximate surface area is 114 Å². The average molecular weight is 260 g/mol. The maximum absolute atomic E-state index is 11.6. The summed E-state index contributed by atoms with van der Waals surface area (Å²) in [4.78, 5) is 11.6. The molecule has 0 spiro atoms. The van der Waals surface area contributed by atoms with Gasteiger partial charge in [-0.2, -0.15) is 0 Å². The number of hydrogen-bond donors (Lipinski definition) is 0. The fourth-order valence-electron chi connectivity index (χ4n) is 2.32. The summed E-state index contributed by atoms with van der Waals surface area (Å²) in [6.45, 7) is 6.81. The van der Waals surface area contributed by atoms with Crippen LogP contribution in [0.1, 0.15) is 25.3 Å². The van der Waals surface area contributed by atoms with Crippen LogP contribution in [0.25, 0.3) is 0 Å². The van der Waals surface area contributed by atoms with E-state index in [2.05, 4.69) is 6.58 Å². The van der Waals surface area contributed by atoms with Gasteiger partial charge in [-0.25, -0.2) is 0 Å². The molecule has 0 radical (unpaired) electrons. The lowest BCUT2D eigenvalue weighted by Crippen LogP contribution is -2.37. The van der Waals surface area contributed by atoms with Crippen LogP contribution in [-0.2, 0) is 20.9 Å². The van der Waals surface area contributed by atoms with E-state index in [0.29, 0.717) is 19.6 Å². The average Bonchev–Trinajstić information content (AvgIpc) is 2.39. The largest absolute Gasteiger partial charge is 0.460 e. The Morgan fingerprint density at radius 1 is 1.47 bits per heavy atom. The first-order valence-electron chi connectivity index (χ1n) is 6.56. The molecular formula is C16H20O3. The zero-order valence-electron chi connectivity index (χ0n) is 11.3. The van der Waals surface area contributed by atoms with Gasteiger partial charge in [-0.1, -0.05) is 43.3 Å². The fourth-order valence-corrected chi connectivity index (χ4v) is 2.32. The summed E-state index contributed by atoms with van der Waals surface area (Å²) in [7, 11) is 0. The van der Waals surface area contributed by atoms with Crippen LogP contribution in [0.4, 0.5) is 0 Å². The van der Waals surface area contributed by atoms with Crippen molar-refractivity contribution in [3.8, 4) is 0 Å². The van der Waals surface area contributed by atoms with Crippen LogP contribution < -0.4 is 0 Å². The van der Waals surface area contributed by atoms with Crippen LogP contribution in [0.3, 0.4) is 0 Å². The second-order valence-corrected chi connectivity index (χ2v) is 5.35. The Bertz CT molecular complexity index is 441. The molecule has 3 heteroatoms. The van der Waals surface area contributed by atoms with Gasteiger partial charge in [0.1, 0.15) is 6.10 Å². The normalized spacial score (nSPS) is 26.8. The Morgan fingerprint density at radius 2 is 2.21 bits per heavy atom. The lowest BCUT2D eigenvalue weighted by atomic mass is 9.80. The molecule has 1 aliphatic heterocycles. The Balaban J connectivity index is 1.82. The molecule has 0 aliphatic carbocycles. The number of esters is 1. The van der Waals surface area contributed by atoms with Crippen molar-refractivity contribution in [1.82, 2.24) is 0 Å². The van der Waals surface area contributed by atoms with Crippen molar-refractivity contribution in [1.29, 1.82) is 0 Å². The Morgan fingerprint density at radius 3 is 2.89 bits per heavy atom. The summed E-state index contributed by atoms with van der Waals surface area (Å²) in [5.41, 5.74) is 0.951. The molecule has 1 heterocycles. The van der Waals surface area contributed by atoms with Gasteiger partial charge in [0, 0.05) is 0 Å². The molecule has 1 aliphatic rings. The quantitative estimate of drug-likeness (QED) is 0.603. The van der Waals surface area contributed by atoms with Crippen LogP contribution in [0.2, 0.25) is 0 Å². The zero-order chi connectivity index (χ0) is 13.7. The van der Waals surface area contributed by atoms with E-state index in [9.17, 15) is 4.79 Å². The number of cyclic esters (lactones) is 1. The minimum absolute atomic E-state index is 0.165. The number of ether oxygens (including phenoxy) is 2. The summed E-state index contributed by atoms with van der Waals surface area (Å²) in [6.07, 6.45) is 2.85. The van der Waals surface area contributed by atoms with Crippen molar-refractivity contribution in [3.05, 3.63) is 48.6 Å². The lowest BCUT2D eigenvalue weighted by Gasteiger charge is -2.34. The third kappa shape index (κ3) is 3.93. The van der Waals surface area contributed by atoms with Crippen molar-refractivity contribution in [2.75, 3.05) is 6.61 Å². The summed E-state index contributed by atoms with van der Waals surface area (Å²) in [5.74, 6) is -0.165. The molecule has 1 aromatic rings. The predicted octanol–water partition coefficient (Wildman–Crippen LogP) is 3.10. The van der Waals surface area contributed by atoms with E-state index in [-0.39, 0.29) is 17.5 Å². The summed E-state index contributed by atoms with van der Waals surface area (Å²) in [6, 6.07) is 9.96. The van der Waals surface area contributed by atoms with Gasteiger partial charge in [0.25, 0.3) is 0 Å². The predicted molar refractivity (Wildman–Crippen MR) is 73.5 cm³/mol. The van der Waals surface area contributed by atoms with E-state index in [4.69, 9.17) is 9.47 Å². The highest BCUT2D eigenvalue weighted by Gasteiger charge is 2.35. The van der Waals surface area contributed by atoms with Gasteiger partial charge in [0.15, 0.2) is 0 Å². The van der Waals surface area contributed by atoms with Gasteiger partial charge < -0.3 is 9.47 Å². The molecular weight excluding hydrogens is 240 g/mol. The minimum atomic E-state index is -0.173. The Kier molecular flexibility index (Phi) is 4.38. The van der Waals surface area contributed by atoms with Crippen LogP contribution in [0.5, 0.6) is 0 Å². The molecule has 102 valence electrons. The molecule has 2 rings (SSSR count). The molecule has 0 aromatic heterocycles. The van der Waals surface area contributed by atoms with Crippen molar-refractivity contribution in [2.45, 2.75) is 32.5 Å². The van der Waals surface area contributed by atoms with Gasteiger partial charge in [-0.15, -0.1) is 6.58 Å². The summed E-state index contributed by atoms with van der Waals surface area (Å²) >= 11 is 0. The second-order valence-electron chi connectivity index (χ2n) is 5.35. The first kappa shape index (κ1) is 13.8. The molecule has 1 saturated heterocycles. The highest BCUT2D eigenvalue weighted by molar-refractivity contribution is 5.71. The zero-order valence-corrected chi connectivity index (χ0v) is 11.3. The molecule has 0 amide bonds. The molecule has 0 N–H and O–H groups in total. The van der Waals surface area contributed by atoms with Gasteiger partial charge in [-0.05, 0) is 17.4 Å². The van der Waals surface area contributed by atoms with Crippen LogP contribution in [0, 0.1) is 5.41 Å². The summed E-state index contributed by atoms with van der Waals surface area (Å²) < 4.78 is 10.9. The van der Waals surface area contributed by atoms with Crippen molar-refractivity contribution < 1.29 is 14.3 Å². The number of carbonyl (C=O) groups is 1. The van der Waals surface area contributed by atoms with E-state index in [1.165, 1.54) is 0 Å². The van der Waals surface area contributed by atoms with Crippen molar-refractivity contribution in [2.24, 2.45) is 5.41 Å². The molecule has 0 saturated carbocycles. The smallest absolute Gasteiger partial charge is 0.307 e. The van der Waals surface area contributed by atoms with Gasteiger partial charge in [0.2, 0.25) is 0 Å². The topological polar surface area (TPSA) is 35.5 Å². The molecule has 1 fully saturated rings. The second kappa shape index (κ2) is 6.02. The maximum atomic E-state index is 11.6. The van der Waals surface area contributed by atoms with E-state index >= 15 is 0 Å². The van der Waals surface area contributed by atoms with E-state index < -0.39 is 0 Å². The number of allylic oxidation sites excluding steroid dienone is 1. The molecule has 0 bridgehead atoms. The fraction of sp³-hybridized carbons (Fsp3) is 0.438. The number of benzene rings is 1. The van der Waals surface area contributed by atoms with Crippen molar-refractivity contribution in [3.63, 3.8) is 0 Å². The van der Waals surface area contributed by atoms with Gasteiger partial charge in [-0.3, -0.25) is 4.79 Å². The van der Waals surface area contributed by atoms with E-state index in [0.717, 1.165) is 12.0 Å². The Hall–Kier alpha value is -1.61. The highest BCUT2D eigenvalue weighted by Crippen LogP contribution is 2.34. The molecule has 0 unspecified atom stereocenters.